The van der Waals surface area contributed by atoms with Crippen LogP contribution >= 0.6 is 0 Å². The van der Waals surface area contributed by atoms with E-state index >= 15 is 0 Å². The van der Waals surface area contributed by atoms with Crippen molar-refractivity contribution in [1.29, 1.82) is 0 Å². The Morgan fingerprint density at radius 1 is 1.03 bits per heavy atom. The molecular weight excluding hydrogens is 466 g/mol. The molecule has 0 spiro atoms. The van der Waals surface area contributed by atoms with Gasteiger partial charge in [0.05, 0.1) is 47.4 Å². The summed E-state index contributed by atoms with van der Waals surface area (Å²) in [6.45, 7) is 1.96. The van der Waals surface area contributed by atoms with Crippen LogP contribution in [0.25, 0.3) is 50.5 Å². The van der Waals surface area contributed by atoms with Crippen LogP contribution in [0.4, 0.5) is 0 Å². The van der Waals surface area contributed by atoms with Crippen molar-refractivity contribution in [2.75, 3.05) is 0 Å². The predicted octanol–water partition coefficient (Wildman–Crippen LogP) is 5.16. The third-order valence-electron chi connectivity index (χ3n) is 6.90. The molecule has 1 saturated carbocycles. The zero-order chi connectivity index (χ0) is 24.8. The lowest BCUT2D eigenvalue weighted by molar-refractivity contribution is 0.154. The highest BCUT2D eigenvalue weighted by Gasteiger charge is 2.18. The molecule has 10 heteroatoms. The van der Waals surface area contributed by atoms with Crippen molar-refractivity contribution >= 4 is 22.1 Å². The summed E-state index contributed by atoms with van der Waals surface area (Å²) in [5.74, 6) is 1.41. The second-order valence-corrected chi connectivity index (χ2v) is 9.51. The second-order valence-electron chi connectivity index (χ2n) is 9.51. The Kier molecular flexibility index (Phi) is 5.16. The zero-order valence-corrected chi connectivity index (χ0v) is 20.3. The normalized spacial score (nSPS) is 14.5. The number of nitrogens with one attached hydrogen (secondary N) is 2. The van der Waals surface area contributed by atoms with Crippen molar-refractivity contribution in [3.8, 4) is 34.2 Å². The molecule has 6 heterocycles. The van der Waals surface area contributed by atoms with Gasteiger partial charge in [0.25, 0.3) is 0 Å². The Bertz CT molecular complexity index is 1720. The Morgan fingerprint density at radius 3 is 2.81 bits per heavy atom. The number of fused-ring (bicyclic) bond motifs is 2. The lowest BCUT2D eigenvalue weighted by Gasteiger charge is -2.22. The summed E-state index contributed by atoms with van der Waals surface area (Å²) < 4.78 is 8.19. The summed E-state index contributed by atoms with van der Waals surface area (Å²) >= 11 is 0. The van der Waals surface area contributed by atoms with Gasteiger partial charge < -0.3 is 14.3 Å². The van der Waals surface area contributed by atoms with Crippen molar-refractivity contribution in [2.45, 2.75) is 45.1 Å². The van der Waals surface area contributed by atoms with Crippen LogP contribution in [-0.2, 0) is 0 Å². The van der Waals surface area contributed by atoms with E-state index in [1.165, 1.54) is 19.3 Å². The molecular formula is C27H25N9O. The number of H-pyrrole nitrogens is 2. The van der Waals surface area contributed by atoms with Crippen LogP contribution in [-0.4, -0.2) is 50.8 Å². The Balaban J connectivity index is 1.26. The summed E-state index contributed by atoms with van der Waals surface area (Å²) in [7, 11) is 0. The molecule has 0 aromatic carbocycles. The number of aromatic nitrogens is 9. The molecule has 0 atom stereocenters. The maximum Gasteiger partial charge on any atom is 0.180 e. The minimum absolute atomic E-state index is 0.263. The Morgan fingerprint density at radius 2 is 1.95 bits per heavy atom. The first kappa shape index (κ1) is 21.7. The van der Waals surface area contributed by atoms with E-state index in [0.29, 0.717) is 17.2 Å². The number of hydrogen-bond donors (Lipinski definition) is 2. The van der Waals surface area contributed by atoms with Crippen LogP contribution < -0.4 is 4.74 Å². The van der Waals surface area contributed by atoms with Crippen molar-refractivity contribution in [3.05, 3.63) is 61.2 Å². The van der Waals surface area contributed by atoms with Crippen LogP contribution in [0.2, 0.25) is 0 Å². The van der Waals surface area contributed by atoms with Crippen LogP contribution in [0.1, 0.15) is 37.8 Å². The van der Waals surface area contributed by atoms with E-state index in [1.54, 1.807) is 24.9 Å². The fraction of sp³-hybridized carbons (Fsp3) is 0.259. The first-order chi connectivity index (χ1) is 18.2. The lowest BCUT2D eigenvalue weighted by atomic mass is 9.98. The first-order valence-electron chi connectivity index (χ1n) is 12.5. The summed E-state index contributed by atoms with van der Waals surface area (Å²) in [6.07, 6.45) is 17.1. The van der Waals surface area contributed by atoms with Crippen molar-refractivity contribution in [1.82, 2.24) is 44.7 Å². The van der Waals surface area contributed by atoms with Gasteiger partial charge in [0.15, 0.2) is 11.5 Å². The van der Waals surface area contributed by atoms with Gasteiger partial charge in [-0.1, -0.05) is 6.42 Å². The molecule has 2 N–H and O–H groups in total. The van der Waals surface area contributed by atoms with Gasteiger partial charge in [-0.2, -0.15) is 5.10 Å². The van der Waals surface area contributed by atoms with Crippen molar-refractivity contribution < 1.29 is 4.74 Å². The molecule has 1 aliphatic rings. The van der Waals surface area contributed by atoms with Crippen molar-refractivity contribution in [3.63, 3.8) is 0 Å². The van der Waals surface area contributed by atoms with Crippen LogP contribution in [0.5, 0.6) is 5.75 Å². The molecule has 0 bridgehead atoms. The minimum atomic E-state index is 0.263. The molecule has 10 nitrogen and oxygen atoms in total. The summed E-state index contributed by atoms with van der Waals surface area (Å²) in [5.41, 5.74) is 6.50. The van der Waals surface area contributed by atoms with Crippen LogP contribution in [0.3, 0.4) is 0 Å². The smallest absolute Gasteiger partial charge is 0.180 e. The van der Waals surface area contributed by atoms with E-state index < -0.39 is 0 Å². The molecule has 7 rings (SSSR count). The van der Waals surface area contributed by atoms with Gasteiger partial charge in [0.1, 0.15) is 17.0 Å². The molecule has 0 radical (unpaired) electrons. The molecule has 0 unspecified atom stereocenters. The molecule has 6 aromatic rings. The van der Waals surface area contributed by atoms with E-state index in [9.17, 15) is 0 Å². The zero-order valence-electron chi connectivity index (χ0n) is 20.3. The van der Waals surface area contributed by atoms with Gasteiger partial charge in [-0.3, -0.25) is 15.1 Å². The lowest BCUT2D eigenvalue weighted by Crippen LogP contribution is -2.19. The third kappa shape index (κ3) is 4.00. The molecule has 6 aromatic heterocycles. The predicted molar refractivity (Wildman–Crippen MR) is 139 cm³/mol. The number of pyridine rings is 3. The molecule has 0 saturated heterocycles. The molecule has 0 aliphatic heterocycles. The summed E-state index contributed by atoms with van der Waals surface area (Å²) in [4.78, 5) is 26.0. The van der Waals surface area contributed by atoms with Crippen molar-refractivity contribution in [2.24, 2.45) is 0 Å². The van der Waals surface area contributed by atoms with E-state index in [4.69, 9.17) is 9.72 Å². The summed E-state index contributed by atoms with van der Waals surface area (Å²) in [6, 6.07) is 5.96. The van der Waals surface area contributed by atoms with Crippen LogP contribution in [0, 0.1) is 6.92 Å². The number of nitrogens with zero attached hydrogens (tertiary/aromatic N) is 7. The molecule has 37 heavy (non-hydrogen) atoms. The van der Waals surface area contributed by atoms with E-state index in [-0.39, 0.29) is 6.10 Å². The Hall–Kier alpha value is -4.60. The van der Waals surface area contributed by atoms with E-state index in [0.717, 1.165) is 57.6 Å². The third-order valence-corrected chi connectivity index (χ3v) is 6.90. The number of aryl methyl sites for hydroxylation is 1. The number of ether oxygens (including phenoxy) is 1. The van der Waals surface area contributed by atoms with Gasteiger partial charge in [-0.25, -0.2) is 15.0 Å². The number of hydrogen-bond acceptors (Lipinski definition) is 7. The highest BCUT2D eigenvalue weighted by Crippen LogP contribution is 2.31. The average molecular weight is 492 g/mol. The topological polar surface area (TPSA) is 123 Å². The Labute approximate surface area is 212 Å². The number of rotatable bonds is 5. The fourth-order valence-electron chi connectivity index (χ4n) is 5.03. The largest absolute Gasteiger partial charge is 0.489 e. The summed E-state index contributed by atoms with van der Waals surface area (Å²) in [5, 5.41) is 8.53. The number of aromatic amines is 2. The fourth-order valence-corrected chi connectivity index (χ4v) is 5.03. The van der Waals surface area contributed by atoms with E-state index in [2.05, 4.69) is 35.1 Å². The molecule has 1 fully saturated rings. The van der Waals surface area contributed by atoms with Gasteiger partial charge in [0.2, 0.25) is 0 Å². The maximum atomic E-state index is 6.23. The van der Waals surface area contributed by atoms with Gasteiger partial charge in [-0.15, -0.1) is 0 Å². The van der Waals surface area contributed by atoms with Gasteiger partial charge in [-0.05, 0) is 50.8 Å². The molecule has 1 aliphatic carbocycles. The second kappa shape index (κ2) is 8.81. The first-order valence-corrected chi connectivity index (χ1v) is 12.5. The quantitative estimate of drug-likeness (QED) is 0.341. The standard InChI is InChI=1S/C27H25N9O/c1-16-14-36(15-31-16)23-7-8-29-26-25(23)32-27(33-26)24-20-10-21(30-13-22(20)34-35-24)17-9-19(12-28-11-17)37-18-5-3-2-4-6-18/h7-15,18H,2-6H2,1H3,(H,34,35)(H,29,32,33). The minimum Gasteiger partial charge on any atom is -0.489 e. The average Bonchev–Trinajstić information content (AvgIpc) is 3.66. The SMILES string of the molecule is Cc1cn(-c2ccnc3nc(-c4n[nH]c5cnc(-c6cncc(OC7CCCCC7)c6)cc45)[nH]c23)cn1. The molecule has 0 amide bonds. The highest BCUT2D eigenvalue weighted by atomic mass is 16.5. The van der Waals surface area contributed by atoms with E-state index in [1.807, 2.05) is 42.1 Å². The van der Waals surface area contributed by atoms with Gasteiger partial charge >= 0.3 is 0 Å². The highest BCUT2D eigenvalue weighted by molar-refractivity contribution is 5.95. The molecule has 184 valence electrons. The van der Waals surface area contributed by atoms with Gasteiger partial charge in [0, 0.05) is 29.5 Å². The monoisotopic (exact) mass is 491 g/mol. The number of imidazole rings is 2. The maximum absolute atomic E-state index is 6.23. The van der Waals surface area contributed by atoms with Crippen LogP contribution in [0.15, 0.2) is 55.5 Å².